The van der Waals surface area contributed by atoms with Crippen molar-refractivity contribution in [1.29, 1.82) is 0 Å². The van der Waals surface area contributed by atoms with Gasteiger partial charge in [-0.1, -0.05) is 35.9 Å². The van der Waals surface area contributed by atoms with Gasteiger partial charge in [-0.2, -0.15) is 0 Å². The fraction of sp³-hybridized carbons (Fsp3) is 0.381. The summed E-state index contributed by atoms with van der Waals surface area (Å²) in [5.41, 5.74) is 3.37. The van der Waals surface area contributed by atoms with Gasteiger partial charge in [0.1, 0.15) is 0 Å². The molecule has 4 rings (SSSR count). The van der Waals surface area contributed by atoms with Crippen LogP contribution in [0.4, 0.5) is 5.69 Å². The predicted molar refractivity (Wildman–Crippen MR) is 99.6 cm³/mol. The first-order valence-electron chi connectivity index (χ1n) is 8.92. The number of carbonyl (C=O) groups excluding carboxylic acids is 1. The molecule has 0 bridgehead atoms. The van der Waals surface area contributed by atoms with Crippen molar-refractivity contribution in [2.24, 2.45) is 5.92 Å². The predicted octanol–water partition coefficient (Wildman–Crippen LogP) is 5.28. The Morgan fingerprint density at radius 3 is 2.60 bits per heavy atom. The SMILES string of the molecule is O=C(C[C@H]1CC[C@]2(CC1)OCc1ccccc12)Nc1ccc(Cl)cc1. The molecule has 1 saturated carbocycles. The van der Waals surface area contributed by atoms with E-state index in [-0.39, 0.29) is 11.5 Å². The van der Waals surface area contributed by atoms with E-state index in [1.165, 1.54) is 11.1 Å². The summed E-state index contributed by atoms with van der Waals surface area (Å²) in [5.74, 6) is 0.505. The third kappa shape index (κ3) is 3.44. The lowest BCUT2D eigenvalue weighted by atomic mass is 9.74. The van der Waals surface area contributed by atoms with Crippen molar-refractivity contribution < 1.29 is 9.53 Å². The van der Waals surface area contributed by atoms with Gasteiger partial charge in [0.05, 0.1) is 12.2 Å². The van der Waals surface area contributed by atoms with Crippen molar-refractivity contribution in [3.8, 4) is 0 Å². The maximum atomic E-state index is 12.3. The van der Waals surface area contributed by atoms with E-state index in [1.807, 2.05) is 12.1 Å². The second-order valence-corrected chi connectivity index (χ2v) is 7.58. The van der Waals surface area contributed by atoms with Crippen LogP contribution >= 0.6 is 11.6 Å². The molecule has 2 aromatic carbocycles. The van der Waals surface area contributed by atoms with E-state index in [0.29, 0.717) is 17.4 Å². The second-order valence-electron chi connectivity index (χ2n) is 7.14. The van der Waals surface area contributed by atoms with Crippen molar-refractivity contribution in [1.82, 2.24) is 0 Å². The molecule has 130 valence electrons. The van der Waals surface area contributed by atoms with Crippen LogP contribution in [-0.2, 0) is 21.7 Å². The number of carbonyl (C=O) groups is 1. The Labute approximate surface area is 153 Å². The highest BCUT2D eigenvalue weighted by atomic mass is 35.5. The Balaban J connectivity index is 1.33. The first kappa shape index (κ1) is 16.6. The van der Waals surface area contributed by atoms with Crippen LogP contribution in [0, 0.1) is 5.92 Å². The summed E-state index contributed by atoms with van der Waals surface area (Å²) in [5, 5.41) is 3.64. The van der Waals surface area contributed by atoms with E-state index >= 15 is 0 Å². The van der Waals surface area contributed by atoms with Gasteiger partial charge in [-0.25, -0.2) is 0 Å². The average molecular weight is 356 g/mol. The van der Waals surface area contributed by atoms with E-state index in [1.54, 1.807) is 12.1 Å². The molecule has 2 aromatic rings. The maximum Gasteiger partial charge on any atom is 0.224 e. The molecule has 0 atom stereocenters. The van der Waals surface area contributed by atoms with Gasteiger partial charge < -0.3 is 10.1 Å². The number of fused-ring (bicyclic) bond motifs is 2. The van der Waals surface area contributed by atoms with Crippen molar-refractivity contribution in [3.05, 3.63) is 64.7 Å². The van der Waals surface area contributed by atoms with Gasteiger partial charge in [-0.05, 0) is 67.0 Å². The number of amides is 1. The summed E-state index contributed by atoms with van der Waals surface area (Å²) in [6.07, 6.45) is 4.64. The van der Waals surface area contributed by atoms with Crippen molar-refractivity contribution in [3.63, 3.8) is 0 Å². The summed E-state index contributed by atoms with van der Waals surface area (Å²) < 4.78 is 6.20. The zero-order chi connectivity index (χ0) is 17.3. The molecule has 0 unspecified atom stereocenters. The highest BCUT2D eigenvalue weighted by molar-refractivity contribution is 6.30. The minimum Gasteiger partial charge on any atom is -0.366 e. The van der Waals surface area contributed by atoms with Crippen molar-refractivity contribution >= 4 is 23.2 Å². The van der Waals surface area contributed by atoms with Gasteiger partial charge in [0, 0.05) is 17.1 Å². The molecule has 2 aliphatic rings. The van der Waals surface area contributed by atoms with Crippen LogP contribution in [0.5, 0.6) is 0 Å². The molecule has 1 fully saturated rings. The fourth-order valence-corrected chi connectivity index (χ4v) is 4.28. The highest BCUT2D eigenvalue weighted by Gasteiger charge is 2.42. The van der Waals surface area contributed by atoms with Crippen LogP contribution in [0.1, 0.15) is 43.2 Å². The molecule has 0 saturated heterocycles. The highest BCUT2D eigenvalue weighted by Crippen LogP contribution is 2.48. The number of anilines is 1. The zero-order valence-corrected chi connectivity index (χ0v) is 14.9. The average Bonchev–Trinajstić information content (AvgIpc) is 2.98. The number of rotatable bonds is 3. The van der Waals surface area contributed by atoms with Gasteiger partial charge in [0.25, 0.3) is 0 Å². The largest absolute Gasteiger partial charge is 0.366 e. The Hall–Kier alpha value is -1.84. The number of nitrogens with one attached hydrogen (secondary N) is 1. The summed E-state index contributed by atoms with van der Waals surface area (Å²) >= 11 is 5.87. The molecule has 1 aliphatic carbocycles. The summed E-state index contributed by atoms with van der Waals surface area (Å²) in [6, 6.07) is 15.8. The Morgan fingerprint density at radius 1 is 1.12 bits per heavy atom. The van der Waals surface area contributed by atoms with Gasteiger partial charge in [0.15, 0.2) is 0 Å². The third-order valence-electron chi connectivity index (χ3n) is 5.53. The van der Waals surface area contributed by atoms with Crippen LogP contribution < -0.4 is 5.32 Å². The topological polar surface area (TPSA) is 38.3 Å². The fourth-order valence-electron chi connectivity index (χ4n) is 4.15. The molecule has 25 heavy (non-hydrogen) atoms. The van der Waals surface area contributed by atoms with Gasteiger partial charge in [-0.3, -0.25) is 4.79 Å². The van der Waals surface area contributed by atoms with E-state index in [2.05, 4.69) is 29.6 Å². The minimum atomic E-state index is -0.111. The van der Waals surface area contributed by atoms with Crippen LogP contribution in [0.2, 0.25) is 5.02 Å². The molecular formula is C21H22ClNO2. The molecular weight excluding hydrogens is 334 g/mol. The van der Waals surface area contributed by atoms with Gasteiger partial charge in [-0.15, -0.1) is 0 Å². The molecule has 0 radical (unpaired) electrons. The molecule has 0 aromatic heterocycles. The monoisotopic (exact) mass is 355 g/mol. The molecule has 4 heteroatoms. The lowest BCUT2D eigenvalue weighted by molar-refractivity contribution is -0.118. The Morgan fingerprint density at radius 2 is 1.84 bits per heavy atom. The molecule has 1 N–H and O–H groups in total. The normalized spacial score (nSPS) is 24.9. The summed E-state index contributed by atoms with van der Waals surface area (Å²) in [7, 11) is 0. The first-order chi connectivity index (χ1) is 12.1. The summed E-state index contributed by atoms with van der Waals surface area (Å²) in [4.78, 5) is 12.3. The molecule has 3 nitrogen and oxygen atoms in total. The number of halogens is 1. The second kappa shape index (κ2) is 6.81. The third-order valence-corrected chi connectivity index (χ3v) is 5.78. The number of hydrogen-bond acceptors (Lipinski definition) is 2. The number of ether oxygens (including phenoxy) is 1. The van der Waals surface area contributed by atoms with E-state index in [0.717, 1.165) is 38.0 Å². The van der Waals surface area contributed by atoms with Crippen molar-refractivity contribution in [2.75, 3.05) is 5.32 Å². The first-order valence-corrected chi connectivity index (χ1v) is 9.30. The number of hydrogen-bond donors (Lipinski definition) is 1. The molecule has 1 heterocycles. The van der Waals surface area contributed by atoms with E-state index in [4.69, 9.17) is 16.3 Å². The van der Waals surface area contributed by atoms with Crippen LogP contribution in [0.3, 0.4) is 0 Å². The zero-order valence-electron chi connectivity index (χ0n) is 14.1. The smallest absolute Gasteiger partial charge is 0.224 e. The Bertz CT molecular complexity index is 764. The van der Waals surface area contributed by atoms with Crippen molar-refractivity contribution in [2.45, 2.75) is 44.3 Å². The van der Waals surface area contributed by atoms with Crippen LogP contribution in [0.15, 0.2) is 48.5 Å². The summed E-state index contributed by atoms with van der Waals surface area (Å²) in [6.45, 7) is 0.720. The van der Waals surface area contributed by atoms with Crippen LogP contribution in [-0.4, -0.2) is 5.91 Å². The lowest BCUT2D eigenvalue weighted by Gasteiger charge is -2.37. The maximum absolute atomic E-state index is 12.3. The Kier molecular flexibility index (Phi) is 4.53. The quantitative estimate of drug-likeness (QED) is 0.812. The molecule has 1 amide bonds. The van der Waals surface area contributed by atoms with Gasteiger partial charge >= 0.3 is 0 Å². The van der Waals surface area contributed by atoms with Gasteiger partial charge in [0.2, 0.25) is 5.91 Å². The standard InChI is InChI=1S/C21H22ClNO2/c22-17-5-7-18(8-6-17)23-20(24)13-15-9-11-21(12-10-15)19-4-2-1-3-16(19)14-25-21/h1-8,15H,9-14H2,(H,23,24)/t15-,21+. The lowest BCUT2D eigenvalue weighted by Crippen LogP contribution is -2.32. The van der Waals surface area contributed by atoms with Crippen LogP contribution in [0.25, 0.3) is 0 Å². The minimum absolute atomic E-state index is 0.0796. The number of benzene rings is 2. The molecule has 1 aliphatic heterocycles. The molecule has 1 spiro atoms. The van der Waals surface area contributed by atoms with E-state index in [9.17, 15) is 4.79 Å². The van der Waals surface area contributed by atoms with E-state index < -0.39 is 0 Å².